The molecule has 76 valence electrons. The Hall–Kier alpha value is -1.42. The number of aromatic nitrogens is 1. The van der Waals surface area contributed by atoms with Crippen molar-refractivity contribution in [1.82, 2.24) is 10.3 Å². The van der Waals surface area contributed by atoms with Crippen LogP contribution in [-0.2, 0) is 16.1 Å². The van der Waals surface area contributed by atoms with Crippen molar-refractivity contribution in [2.75, 3.05) is 7.11 Å². The number of carbonyl (C=O) groups is 1. The zero-order valence-corrected chi connectivity index (χ0v) is 8.36. The van der Waals surface area contributed by atoms with Crippen molar-refractivity contribution >= 4 is 5.97 Å². The van der Waals surface area contributed by atoms with E-state index in [0.717, 1.165) is 5.69 Å². The van der Waals surface area contributed by atoms with E-state index in [1.165, 1.54) is 7.11 Å². The van der Waals surface area contributed by atoms with Crippen LogP contribution in [0, 0.1) is 0 Å². The number of ether oxygens (including phenoxy) is 1. The highest BCUT2D eigenvalue weighted by atomic mass is 16.5. The van der Waals surface area contributed by atoms with Gasteiger partial charge in [0, 0.05) is 12.7 Å². The van der Waals surface area contributed by atoms with E-state index in [2.05, 4.69) is 15.0 Å². The quantitative estimate of drug-likeness (QED) is 0.718. The first kappa shape index (κ1) is 10.7. The topological polar surface area (TPSA) is 51.2 Å². The molecule has 1 N–H and O–H groups in total. The van der Waals surface area contributed by atoms with Crippen LogP contribution in [0.25, 0.3) is 0 Å². The summed E-state index contributed by atoms with van der Waals surface area (Å²) in [6.45, 7) is 2.33. The summed E-state index contributed by atoms with van der Waals surface area (Å²) >= 11 is 0. The minimum Gasteiger partial charge on any atom is -0.468 e. The molecule has 0 aliphatic heterocycles. The maximum Gasteiger partial charge on any atom is 0.322 e. The molecule has 0 aliphatic rings. The van der Waals surface area contributed by atoms with Crippen molar-refractivity contribution in [3.05, 3.63) is 30.1 Å². The molecule has 0 radical (unpaired) electrons. The van der Waals surface area contributed by atoms with Crippen LogP contribution in [0.15, 0.2) is 24.4 Å². The summed E-state index contributed by atoms with van der Waals surface area (Å²) in [7, 11) is 1.38. The van der Waals surface area contributed by atoms with Gasteiger partial charge in [-0.05, 0) is 19.1 Å². The first-order valence-electron chi connectivity index (χ1n) is 4.45. The van der Waals surface area contributed by atoms with Crippen LogP contribution in [0.4, 0.5) is 0 Å². The minimum absolute atomic E-state index is 0.263. The molecule has 1 aromatic rings. The van der Waals surface area contributed by atoms with Crippen LogP contribution in [0.2, 0.25) is 0 Å². The number of esters is 1. The Labute approximate surface area is 83.3 Å². The number of hydrogen-bond acceptors (Lipinski definition) is 4. The lowest BCUT2D eigenvalue weighted by atomic mass is 10.3. The number of carbonyl (C=O) groups excluding carboxylic acids is 1. The van der Waals surface area contributed by atoms with Crippen LogP contribution >= 0.6 is 0 Å². The van der Waals surface area contributed by atoms with Gasteiger partial charge in [-0.3, -0.25) is 15.1 Å². The van der Waals surface area contributed by atoms with Gasteiger partial charge in [-0.15, -0.1) is 0 Å². The van der Waals surface area contributed by atoms with Gasteiger partial charge in [-0.1, -0.05) is 6.07 Å². The number of nitrogens with zero attached hydrogens (tertiary/aromatic N) is 1. The van der Waals surface area contributed by atoms with Gasteiger partial charge >= 0.3 is 5.97 Å². The molecule has 1 atom stereocenters. The predicted molar refractivity (Wildman–Crippen MR) is 52.6 cm³/mol. The summed E-state index contributed by atoms with van der Waals surface area (Å²) in [4.78, 5) is 15.1. The molecule has 0 aromatic carbocycles. The fourth-order valence-electron chi connectivity index (χ4n) is 1.02. The highest BCUT2D eigenvalue weighted by molar-refractivity contribution is 5.74. The molecule has 14 heavy (non-hydrogen) atoms. The summed E-state index contributed by atoms with van der Waals surface area (Å²) in [6, 6.07) is 5.36. The van der Waals surface area contributed by atoms with Gasteiger partial charge in [-0.25, -0.2) is 0 Å². The van der Waals surface area contributed by atoms with Crippen molar-refractivity contribution in [3.8, 4) is 0 Å². The molecule has 1 aromatic heterocycles. The molecule has 0 saturated heterocycles. The fourth-order valence-corrected chi connectivity index (χ4v) is 1.02. The lowest BCUT2D eigenvalue weighted by molar-refractivity contribution is -0.142. The number of rotatable bonds is 4. The number of pyridine rings is 1. The summed E-state index contributed by atoms with van der Waals surface area (Å²) in [5.41, 5.74) is 0.906. The van der Waals surface area contributed by atoms with E-state index in [-0.39, 0.29) is 12.0 Å². The van der Waals surface area contributed by atoms with Crippen LogP contribution in [0.5, 0.6) is 0 Å². The van der Waals surface area contributed by atoms with E-state index < -0.39 is 0 Å². The highest BCUT2D eigenvalue weighted by Crippen LogP contribution is 1.94. The van der Waals surface area contributed by atoms with Crippen LogP contribution in [-0.4, -0.2) is 24.1 Å². The fraction of sp³-hybridized carbons (Fsp3) is 0.400. The Bertz CT molecular complexity index is 287. The molecule has 1 heterocycles. The Kier molecular flexibility index (Phi) is 4.07. The normalized spacial score (nSPS) is 12.1. The maximum absolute atomic E-state index is 11.0. The smallest absolute Gasteiger partial charge is 0.322 e. The summed E-state index contributed by atoms with van der Waals surface area (Å²) in [5.74, 6) is -0.263. The van der Waals surface area contributed by atoms with Gasteiger partial charge in [-0.2, -0.15) is 0 Å². The third kappa shape index (κ3) is 3.14. The minimum atomic E-state index is -0.304. The van der Waals surface area contributed by atoms with Gasteiger partial charge in [0.25, 0.3) is 0 Å². The molecular weight excluding hydrogens is 180 g/mol. The van der Waals surface area contributed by atoms with Crippen molar-refractivity contribution in [2.24, 2.45) is 0 Å². The molecule has 0 fully saturated rings. The number of methoxy groups -OCH3 is 1. The second-order valence-electron chi connectivity index (χ2n) is 2.95. The lowest BCUT2D eigenvalue weighted by Crippen LogP contribution is -2.34. The van der Waals surface area contributed by atoms with Gasteiger partial charge < -0.3 is 4.74 Å². The maximum atomic E-state index is 11.0. The van der Waals surface area contributed by atoms with Crippen molar-refractivity contribution < 1.29 is 9.53 Å². The molecule has 0 aliphatic carbocycles. The molecule has 4 heteroatoms. The molecule has 0 saturated carbocycles. The Balaban J connectivity index is 2.38. The monoisotopic (exact) mass is 194 g/mol. The Morgan fingerprint density at radius 2 is 2.43 bits per heavy atom. The molecule has 0 spiro atoms. The van der Waals surface area contributed by atoms with Gasteiger partial charge in [0.2, 0.25) is 0 Å². The van der Waals surface area contributed by atoms with Crippen LogP contribution < -0.4 is 5.32 Å². The third-order valence-electron chi connectivity index (χ3n) is 1.87. The number of hydrogen-bond donors (Lipinski definition) is 1. The van der Waals surface area contributed by atoms with Crippen LogP contribution in [0.3, 0.4) is 0 Å². The van der Waals surface area contributed by atoms with Gasteiger partial charge in [0.15, 0.2) is 0 Å². The van der Waals surface area contributed by atoms with Crippen LogP contribution in [0.1, 0.15) is 12.6 Å². The molecule has 4 nitrogen and oxygen atoms in total. The number of nitrogens with one attached hydrogen (secondary N) is 1. The molecule has 0 amide bonds. The zero-order valence-electron chi connectivity index (χ0n) is 8.36. The van der Waals surface area contributed by atoms with E-state index in [1.807, 2.05) is 18.2 Å². The largest absolute Gasteiger partial charge is 0.468 e. The lowest BCUT2D eigenvalue weighted by Gasteiger charge is -2.10. The Morgan fingerprint density at radius 3 is 3.00 bits per heavy atom. The Morgan fingerprint density at radius 1 is 1.64 bits per heavy atom. The second kappa shape index (κ2) is 5.34. The highest BCUT2D eigenvalue weighted by Gasteiger charge is 2.11. The summed E-state index contributed by atoms with van der Waals surface area (Å²) in [5, 5.41) is 3.01. The summed E-state index contributed by atoms with van der Waals surface area (Å²) in [6.07, 6.45) is 1.72. The molecular formula is C10H14N2O2. The second-order valence-corrected chi connectivity index (χ2v) is 2.95. The molecule has 1 rings (SSSR count). The standard InChI is InChI=1S/C10H14N2O2/c1-8(10(13)14-2)12-7-9-5-3-4-6-11-9/h3-6,8,12H,7H2,1-2H3/t8-/m0/s1. The van der Waals surface area contributed by atoms with Crippen molar-refractivity contribution in [3.63, 3.8) is 0 Å². The van der Waals surface area contributed by atoms with E-state index in [9.17, 15) is 4.79 Å². The van der Waals surface area contributed by atoms with Crippen molar-refractivity contribution in [2.45, 2.75) is 19.5 Å². The first-order valence-corrected chi connectivity index (χ1v) is 4.45. The summed E-state index contributed by atoms with van der Waals surface area (Å²) < 4.78 is 4.58. The average Bonchev–Trinajstić information content (AvgIpc) is 2.26. The SMILES string of the molecule is COC(=O)[C@H](C)NCc1ccccn1. The zero-order chi connectivity index (χ0) is 10.4. The van der Waals surface area contributed by atoms with Gasteiger partial charge in [0.05, 0.1) is 12.8 Å². The van der Waals surface area contributed by atoms with E-state index in [4.69, 9.17) is 0 Å². The van der Waals surface area contributed by atoms with E-state index in [0.29, 0.717) is 6.54 Å². The van der Waals surface area contributed by atoms with E-state index >= 15 is 0 Å². The van der Waals surface area contributed by atoms with Crippen molar-refractivity contribution in [1.29, 1.82) is 0 Å². The molecule has 0 bridgehead atoms. The predicted octanol–water partition coefficient (Wildman–Crippen LogP) is 0.733. The molecule has 0 unspecified atom stereocenters. The van der Waals surface area contributed by atoms with E-state index in [1.54, 1.807) is 13.1 Å². The van der Waals surface area contributed by atoms with Gasteiger partial charge in [0.1, 0.15) is 6.04 Å². The average molecular weight is 194 g/mol. The first-order chi connectivity index (χ1) is 6.74. The third-order valence-corrected chi connectivity index (χ3v) is 1.87.